The second-order valence-corrected chi connectivity index (χ2v) is 12.0. The fraction of sp³-hybridized carbons (Fsp3) is 0.556. The maximum absolute atomic E-state index is 11.8. The molecule has 2 saturated carbocycles. The van der Waals surface area contributed by atoms with Gasteiger partial charge >= 0.3 is 5.76 Å². The van der Waals surface area contributed by atoms with Crippen molar-refractivity contribution in [3.8, 4) is 11.6 Å². The number of nitrogens with one attached hydrogen (secondary N) is 2. The Bertz CT molecular complexity index is 1510. The van der Waals surface area contributed by atoms with Gasteiger partial charge in [-0.25, -0.2) is 24.7 Å². The van der Waals surface area contributed by atoms with Gasteiger partial charge in [-0.15, -0.1) is 17.9 Å². The number of nitrogens with zero attached hydrogens (tertiary/aromatic N) is 6. The van der Waals surface area contributed by atoms with E-state index < -0.39 is 11.4 Å². The largest absolute Gasteiger partial charge is 0.439 e. The molecule has 2 aliphatic rings. The van der Waals surface area contributed by atoms with Crippen LogP contribution in [0.25, 0.3) is 22.8 Å². The molecule has 3 N–H and O–H groups in total. The van der Waals surface area contributed by atoms with E-state index in [2.05, 4.69) is 49.6 Å². The number of rotatable bonds is 9. The van der Waals surface area contributed by atoms with E-state index in [1.807, 2.05) is 5.38 Å². The van der Waals surface area contributed by atoms with E-state index in [4.69, 9.17) is 14.5 Å². The average molecular weight is 551 g/mol. The predicted octanol–water partition coefficient (Wildman–Crippen LogP) is 4.47. The summed E-state index contributed by atoms with van der Waals surface area (Å²) < 4.78 is 6.81. The van der Waals surface area contributed by atoms with Crippen LogP contribution in [0.15, 0.2) is 33.5 Å². The van der Waals surface area contributed by atoms with Crippen LogP contribution < -0.4 is 11.1 Å². The number of hydrogen-bond acceptors (Lipinski definition) is 10. The van der Waals surface area contributed by atoms with E-state index in [9.17, 15) is 9.90 Å². The van der Waals surface area contributed by atoms with Crippen LogP contribution >= 0.6 is 11.3 Å². The van der Waals surface area contributed by atoms with E-state index in [1.165, 1.54) is 30.6 Å². The molecule has 0 spiro atoms. The number of aromatic amines is 1. The minimum atomic E-state index is -1.44. The van der Waals surface area contributed by atoms with Gasteiger partial charge in [0.05, 0.1) is 0 Å². The summed E-state index contributed by atoms with van der Waals surface area (Å²) in [5, 5.41) is 21.7. The zero-order valence-electron chi connectivity index (χ0n) is 22.3. The Kier molecular flexibility index (Phi) is 6.84. The minimum Gasteiger partial charge on any atom is -0.375 e. The fourth-order valence-electron chi connectivity index (χ4n) is 5.82. The van der Waals surface area contributed by atoms with E-state index in [1.54, 1.807) is 13.1 Å². The molecule has 0 radical (unpaired) electrons. The topological polar surface area (TPSA) is 148 Å². The van der Waals surface area contributed by atoms with Crippen LogP contribution in [0.5, 0.6) is 0 Å². The Balaban J connectivity index is 1.51. The SMILES string of the molecule is C=CC1CCC(Cn2c(C(C)(O)c3nccs3)nc3nc(-c4noc(=O)[nH]4)nc(N[C@H](C)C4CCC4)c32)CC1. The molecule has 206 valence electrons. The lowest BCUT2D eigenvalue weighted by molar-refractivity contribution is 0.0864. The number of H-pyrrole nitrogens is 1. The van der Waals surface area contributed by atoms with Gasteiger partial charge in [-0.2, -0.15) is 0 Å². The molecular formula is C27H34N8O3S. The summed E-state index contributed by atoms with van der Waals surface area (Å²) in [6.07, 6.45) is 11.6. The molecule has 12 heteroatoms. The predicted molar refractivity (Wildman–Crippen MR) is 148 cm³/mol. The van der Waals surface area contributed by atoms with Gasteiger partial charge in [0.2, 0.25) is 11.6 Å². The molecule has 0 amide bonds. The standard InChI is InChI=1S/C27H34N8O3S/c1-4-16-8-10-17(11-9-16)14-35-19-20(29-15(2)18-6-5-7-18)30-22(23-33-26(36)38-34-23)31-21(19)32-24(35)27(3,37)25-28-12-13-39-25/h4,12-13,15-18,37H,1,5-11,14H2,2-3H3,(H,29,30,31)(H,33,34,36)/t15-,16?,17?,27?/m1/s1. The summed E-state index contributed by atoms with van der Waals surface area (Å²) in [6, 6.07) is 0.176. The van der Waals surface area contributed by atoms with Crippen molar-refractivity contribution in [2.24, 2.45) is 17.8 Å². The highest BCUT2D eigenvalue weighted by Crippen LogP contribution is 2.38. The summed E-state index contributed by atoms with van der Waals surface area (Å²) in [4.78, 5) is 33.1. The van der Waals surface area contributed by atoms with E-state index in [0.29, 0.717) is 46.6 Å². The average Bonchev–Trinajstić information content (AvgIpc) is 3.64. The zero-order chi connectivity index (χ0) is 27.1. The van der Waals surface area contributed by atoms with Crippen LogP contribution in [0, 0.1) is 17.8 Å². The molecule has 2 aliphatic carbocycles. The van der Waals surface area contributed by atoms with Crippen LogP contribution in [-0.2, 0) is 12.1 Å². The van der Waals surface area contributed by atoms with Gasteiger partial charge in [0.25, 0.3) is 0 Å². The monoisotopic (exact) mass is 550 g/mol. The highest BCUT2D eigenvalue weighted by Gasteiger charge is 2.37. The fourth-order valence-corrected chi connectivity index (χ4v) is 6.51. The molecule has 2 atom stereocenters. The van der Waals surface area contributed by atoms with E-state index >= 15 is 0 Å². The highest BCUT2D eigenvalue weighted by molar-refractivity contribution is 7.09. The van der Waals surface area contributed by atoms with Gasteiger partial charge in [-0.3, -0.25) is 9.51 Å². The van der Waals surface area contributed by atoms with Crippen molar-refractivity contribution in [3.63, 3.8) is 0 Å². The summed E-state index contributed by atoms with van der Waals surface area (Å²) in [5.74, 6) is 2.24. The van der Waals surface area contributed by atoms with Crippen LogP contribution in [0.3, 0.4) is 0 Å². The first kappa shape index (κ1) is 25.9. The third-order valence-corrected chi connectivity index (χ3v) is 9.41. The third kappa shape index (κ3) is 4.91. The molecule has 2 fully saturated rings. The molecule has 4 aromatic heterocycles. The first-order valence-corrected chi connectivity index (χ1v) is 14.6. The van der Waals surface area contributed by atoms with Crippen molar-refractivity contribution < 1.29 is 9.63 Å². The molecule has 0 bridgehead atoms. The summed E-state index contributed by atoms with van der Waals surface area (Å²) in [7, 11) is 0. The van der Waals surface area contributed by atoms with Crippen LogP contribution in [0.1, 0.15) is 69.6 Å². The first-order valence-electron chi connectivity index (χ1n) is 13.7. The van der Waals surface area contributed by atoms with Crippen molar-refractivity contribution in [1.82, 2.24) is 34.6 Å². The van der Waals surface area contributed by atoms with Crippen LogP contribution in [0.4, 0.5) is 5.82 Å². The molecule has 0 aliphatic heterocycles. The summed E-state index contributed by atoms with van der Waals surface area (Å²) >= 11 is 1.39. The number of anilines is 1. The van der Waals surface area contributed by atoms with Crippen molar-refractivity contribution in [2.75, 3.05) is 5.32 Å². The smallest absolute Gasteiger partial charge is 0.375 e. The normalized spacial score (nSPS) is 22.3. The number of hydrogen-bond donors (Lipinski definition) is 3. The quantitative estimate of drug-likeness (QED) is 0.257. The second kappa shape index (κ2) is 10.3. The minimum absolute atomic E-state index is 0.131. The summed E-state index contributed by atoms with van der Waals surface area (Å²) in [6.45, 7) is 8.56. The number of fused-ring (bicyclic) bond motifs is 1. The maximum atomic E-state index is 11.8. The lowest BCUT2D eigenvalue weighted by atomic mass is 9.80. The van der Waals surface area contributed by atoms with Gasteiger partial charge in [-0.05, 0) is 70.1 Å². The van der Waals surface area contributed by atoms with Crippen LogP contribution in [-0.4, -0.2) is 45.8 Å². The molecule has 4 heterocycles. The lowest BCUT2D eigenvalue weighted by Gasteiger charge is -2.32. The molecule has 11 nitrogen and oxygen atoms in total. The van der Waals surface area contributed by atoms with Crippen molar-refractivity contribution in [3.05, 3.63) is 45.6 Å². The zero-order valence-corrected chi connectivity index (χ0v) is 23.1. The van der Waals surface area contributed by atoms with Gasteiger partial charge < -0.3 is 15.0 Å². The Morgan fingerprint density at radius 3 is 2.69 bits per heavy atom. The third-order valence-electron chi connectivity index (χ3n) is 8.43. The number of imidazole rings is 1. The molecule has 39 heavy (non-hydrogen) atoms. The summed E-state index contributed by atoms with van der Waals surface area (Å²) in [5.41, 5.74) is -0.293. The molecule has 6 rings (SSSR count). The first-order chi connectivity index (χ1) is 18.8. The van der Waals surface area contributed by atoms with Crippen molar-refractivity contribution in [2.45, 2.75) is 77.0 Å². The van der Waals surface area contributed by atoms with Gasteiger partial charge in [0.1, 0.15) is 10.5 Å². The number of thiazole rings is 1. The maximum Gasteiger partial charge on any atom is 0.439 e. The van der Waals surface area contributed by atoms with E-state index in [-0.39, 0.29) is 17.7 Å². The van der Waals surface area contributed by atoms with E-state index in [0.717, 1.165) is 31.2 Å². The van der Waals surface area contributed by atoms with Gasteiger partial charge in [0, 0.05) is 24.2 Å². The lowest BCUT2D eigenvalue weighted by Crippen LogP contribution is -2.32. The Labute approximate surface area is 229 Å². The van der Waals surface area contributed by atoms with Gasteiger partial charge in [-0.1, -0.05) is 17.7 Å². The number of allylic oxidation sites excluding steroid dienone is 1. The van der Waals surface area contributed by atoms with Crippen molar-refractivity contribution >= 4 is 28.3 Å². The molecule has 4 aromatic rings. The Morgan fingerprint density at radius 1 is 1.28 bits per heavy atom. The number of aliphatic hydroxyl groups is 1. The molecule has 1 unspecified atom stereocenters. The van der Waals surface area contributed by atoms with Crippen LogP contribution in [0.2, 0.25) is 0 Å². The number of aromatic nitrogens is 7. The molecular weight excluding hydrogens is 516 g/mol. The second-order valence-electron chi connectivity index (χ2n) is 11.1. The van der Waals surface area contributed by atoms with Gasteiger partial charge in [0.15, 0.2) is 22.9 Å². The molecule has 0 aromatic carbocycles. The van der Waals surface area contributed by atoms with Crippen molar-refractivity contribution in [1.29, 1.82) is 0 Å². The molecule has 0 saturated heterocycles. The highest BCUT2D eigenvalue weighted by atomic mass is 32.1. The Morgan fingerprint density at radius 2 is 2.08 bits per heavy atom. The Hall–Kier alpha value is -3.38.